The molecule has 2 N–H and O–H groups in total. The highest BCUT2D eigenvalue weighted by molar-refractivity contribution is 5.80. The molecule has 2 rings (SSSR count). The summed E-state index contributed by atoms with van der Waals surface area (Å²) >= 11 is 0. The van der Waals surface area contributed by atoms with Gasteiger partial charge < -0.3 is 20.3 Å². The maximum atomic E-state index is 13.1. The molecule has 0 aliphatic carbocycles. The van der Waals surface area contributed by atoms with Crippen molar-refractivity contribution in [3.63, 3.8) is 0 Å². The van der Waals surface area contributed by atoms with Crippen molar-refractivity contribution in [2.45, 2.75) is 66.0 Å². The van der Waals surface area contributed by atoms with E-state index in [9.17, 15) is 14.4 Å². The van der Waals surface area contributed by atoms with E-state index in [0.29, 0.717) is 32.7 Å². The first kappa shape index (κ1) is 27.6. The maximum Gasteiger partial charge on any atom is 0.407 e. The molecule has 1 fully saturated rings. The lowest BCUT2D eigenvalue weighted by Crippen LogP contribution is -2.48. The number of benzene rings is 1. The van der Waals surface area contributed by atoms with Crippen LogP contribution in [0.1, 0.15) is 58.1 Å². The molecule has 1 heterocycles. The predicted octanol–water partition coefficient (Wildman–Crippen LogP) is 3.09. The van der Waals surface area contributed by atoms with Gasteiger partial charge in [-0.25, -0.2) is 4.79 Å². The minimum absolute atomic E-state index is 0.0341. The van der Waals surface area contributed by atoms with E-state index in [1.165, 1.54) is 5.56 Å². The van der Waals surface area contributed by atoms with Crippen LogP contribution in [-0.4, -0.2) is 72.6 Å². The SMILES string of the molecule is CCCN(Cc1ccc(C)cc1)C(=O)CN1CCCC(C(=O)NCCNC(=O)OC(C)(C)C)C1. The second-order valence-electron chi connectivity index (χ2n) is 10.1. The molecule has 3 amide bonds. The molecular formula is C26H42N4O4. The molecule has 1 aliphatic rings. The molecule has 1 aromatic rings. The number of carbonyl (C=O) groups is 3. The lowest BCUT2D eigenvalue weighted by atomic mass is 9.97. The number of piperidine rings is 1. The molecule has 34 heavy (non-hydrogen) atoms. The van der Waals surface area contributed by atoms with Gasteiger partial charge >= 0.3 is 6.09 Å². The highest BCUT2D eigenvalue weighted by atomic mass is 16.6. The lowest BCUT2D eigenvalue weighted by molar-refractivity contribution is -0.135. The van der Waals surface area contributed by atoms with E-state index in [2.05, 4.69) is 53.6 Å². The summed E-state index contributed by atoms with van der Waals surface area (Å²) in [7, 11) is 0. The summed E-state index contributed by atoms with van der Waals surface area (Å²) in [5, 5.41) is 5.54. The molecular weight excluding hydrogens is 432 g/mol. The number of aryl methyl sites for hydroxylation is 1. The average Bonchev–Trinajstić information content (AvgIpc) is 2.76. The molecule has 0 spiro atoms. The molecule has 1 aromatic carbocycles. The number of rotatable bonds is 10. The third-order valence-electron chi connectivity index (χ3n) is 5.67. The number of ether oxygens (including phenoxy) is 1. The third kappa shape index (κ3) is 10.1. The van der Waals surface area contributed by atoms with E-state index < -0.39 is 11.7 Å². The number of amides is 3. The number of likely N-dealkylation sites (tertiary alicyclic amines) is 1. The Labute approximate surface area is 204 Å². The molecule has 0 radical (unpaired) electrons. The van der Waals surface area contributed by atoms with Crippen LogP contribution in [0.15, 0.2) is 24.3 Å². The zero-order valence-electron chi connectivity index (χ0n) is 21.5. The van der Waals surface area contributed by atoms with E-state index >= 15 is 0 Å². The molecule has 0 bridgehead atoms. The smallest absolute Gasteiger partial charge is 0.407 e. The van der Waals surface area contributed by atoms with Crippen LogP contribution in [0, 0.1) is 12.8 Å². The molecule has 1 saturated heterocycles. The third-order valence-corrected chi connectivity index (χ3v) is 5.67. The highest BCUT2D eigenvalue weighted by Crippen LogP contribution is 2.17. The summed E-state index contributed by atoms with van der Waals surface area (Å²) in [6.07, 6.45) is 2.09. The zero-order chi connectivity index (χ0) is 25.1. The lowest BCUT2D eigenvalue weighted by Gasteiger charge is -2.33. The van der Waals surface area contributed by atoms with Crippen LogP contribution in [0.5, 0.6) is 0 Å². The van der Waals surface area contributed by atoms with Gasteiger partial charge in [-0.2, -0.15) is 0 Å². The first-order valence-electron chi connectivity index (χ1n) is 12.4. The quantitative estimate of drug-likeness (QED) is 0.509. The number of hydrogen-bond donors (Lipinski definition) is 2. The Kier molecular flexibility index (Phi) is 10.8. The van der Waals surface area contributed by atoms with Crippen LogP contribution in [0.4, 0.5) is 4.79 Å². The molecule has 0 saturated carbocycles. The normalized spacial score (nSPS) is 16.6. The Morgan fingerprint density at radius 1 is 1.12 bits per heavy atom. The molecule has 8 heteroatoms. The minimum Gasteiger partial charge on any atom is -0.444 e. The number of nitrogens with one attached hydrogen (secondary N) is 2. The van der Waals surface area contributed by atoms with Crippen molar-refractivity contribution in [2.75, 3.05) is 39.3 Å². The van der Waals surface area contributed by atoms with Crippen molar-refractivity contribution in [1.29, 1.82) is 0 Å². The van der Waals surface area contributed by atoms with Crippen LogP contribution < -0.4 is 10.6 Å². The molecule has 0 aromatic heterocycles. The van der Waals surface area contributed by atoms with E-state index in [1.54, 1.807) is 20.8 Å². The first-order chi connectivity index (χ1) is 16.1. The fourth-order valence-corrected chi connectivity index (χ4v) is 3.99. The average molecular weight is 475 g/mol. The molecule has 1 aliphatic heterocycles. The molecule has 1 atom stereocenters. The van der Waals surface area contributed by atoms with Crippen molar-refractivity contribution in [3.8, 4) is 0 Å². The van der Waals surface area contributed by atoms with Crippen molar-refractivity contribution < 1.29 is 19.1 Å². The Morgan fingerprint density at radius 3 is 2.44 bits per heavy atom. The topological polar surface area (TPSA) is 91.0 Å². The summed E-state index contributed by atoms with van der Waals surface area (Å²) in [6.45, 7) is 13.2. The summed E-state index contributed by atoms with van der Waals surface area (Å²) in [5.74, 6) is -0.0851. The van der Waals surface area contributed by atoms with Crippen LogP contribution in [-0.2, 0) is 20.9 Å². The summed E-state index contributed by atoms with van der Waals surface area (Å²) in [5.41, 5.74) is 1.78. The van der Waals surface area contributed by atoms with E-state index in [1.807, 2.05) is 4.90 Å². The van der Waals surface area contributed by atoms with Gasteiger partial charge in [-0.15, -0.1) is 0 Å². The molecule has 1 unspecified atom stereocenters. The number of alkyl carbamates (subject to hydrolysis) is 1. The van der Waals surface area contributed by atoms with Gasteiger partial charge in [-0.1, -0.05) is 36.8 Å². The summed E-state index contributed by atoms with van der Waals surface area (Å²) in [4.78, 5) is 41.4. The Bertz CT molecular complexity index is 804. The second kappa shape index (κ2) is 13.3. The largest absolute Gasteiger partial charge is 0.444 e. The van der Waals surface area contributed by atoms with Gasteiger partial charge in [0.1, 0.15) is 5.60 Å². The van der Waals surface area contributed by atoms with Gasteiger partial charge in [-0.3, -0.25) is 14.5 Å². The summed E-state index contributed by atoms with van der Waals surface area (Å²) < 4.78 is 5.19. The van der Waals surface area contributed by atoms with Crippen molar-refractivity contribution in [1.82, 2.24) is 20.4 Å². The Morgan fingerprint density at radius 2 is 1.79 bits per heavy atom. The number of nitrogens with zero attached hydrogens (tertiary/aromatic N) is 2. The van der Waals surface area contributed by atoms with Crippen LogP contribution in [0.25, 0.3) is 0 Å². The second-order valence-corrected chi connectivity index (χ2v) is 10.1. The van der Waals surface area contributed by atoms with Crippen LogP contribution in [0.2, 0.25) is 0 Å². The Balaban J connectivity index is 1.78. The van der Waals surface area contributed by atoms with E-state index in [-0.39, 0.29) is 17.7 Å². The minimum atomic E-state index is -0.552. The van der Waals surface area contributed by atoms with Crippen LogP contribution in [0.3, 0.4) is 0 Å². The van der Waals surface area contributed by atoms with Gasteiger partial charge in [-0.05, 0) is 59.1 Å². The standard InChI is InChI=1S/C26H42N4O4/c1-6-15-30(17-21-11-9-20(2)10-12-21)23(31)19-29-16-7-8-22(18-29)24(32)27-13-14-28-25(33)34-26(3,4)5/h9-12,22H,6-8,13-19H2,1-5H3,(H,27,32)(H,28,33). The van der Waals surface area contributed by atoms with E-state index in [0.717, 1.165) is 37.9 Å². The van der Waals surface area contributed by atoms with Gasteiger partial charge in [0.25, 0.3) is 0 Å². The molecule has 190 valence electrons. The zero-order valence-corrected chi connectivity index (χ0v) is 21.5. The van der Waals surface area contributed by atoms with Crippen molar-refractivity contribution in [2.24, 2.45) is 5.92 Å². The highest BCUT2D eigenvalue weighted by Gasteiger charge is 2.28. The first-order valence-corrected chi connectivity index (χ1v) is 12.4. The fraction of sp³-hybridized carbons (Fsp3) is 0.654. The van der Waals surface area contributed by atoms with Gasteiger partial charge in [0, 0.05) is 32.7 Å². The molecule has 8 nitrogen and oxygen atoms in total. The fourth-order valence-electron chi connectivity index (χ4n) is 3.99. The Hall–Kier alpha value is -2.61. The predicted molar refractivity (Wildman–Crippen MR) is 133 cm³/mol. The van der Waals surface area contributed by atoms with Crippen molar-refractivity contribution >= 4 is 17.9 Å². The van der Waals surface area contributed by atoms with Crippen molar-refractivity contribution in [3.05, 3.63) is 35.4 Å². The van der Waals surface area contributed by atoms with Gasteiger partial charge in [0.05, 0.1) is 12.5 Å². The van der Waals surface area contributed by atoms with Gasteiger partial charge in [0.15, 0.2) is 0 Å². The summed E-state index contributed by atoms with van der Waals surface area (Å²) in [6, 6.07) is 8.29. The maximum absolute atomic E-state index is 13.1. The monoisotopic (exact) mass is 474 g/mol. The van der Waals surface area contributed by atoms with E-state index in [4.69, 9.17) is 4.74 Å². The number of carbonyl (C=O) groups excluding carboxylic acids is 3. The number of hydrogen-bond acceptors (Lipinski definition) is 5. The van der Waals surface area contributed by atoms with Crippen LogP contribution >= 0.6 is 0 Å². The van der Waals surface area contributed by atoms with Gasteiger partial charge in [0.2, 0.25) is 11.8 Å².